The molecule has 7 heteroatoms. The van der Waals surface area contributed by atoms with E-state index in [0.29, 0.717) is 50.9 Å². The summed E-state index contributed by atoms with van der Waals surface area (Å²) in [4.78, 5) is 0.331. The largest absolute Gasteiger partial charge is 0.379 e. The molecular formula is C17H25NO5S. The molecule has 1 aromatic carbocycles. The Kier molecular flexibility index (Phi) is 5.27. The minimum Gasteiger partial charge on any atom is -0.379 e. The summed E-state index contributed by atoms with van der Waals surface area (Å²) in [6, 6.07) is 7.04. The van der Waals surface area contributed by atoms with E-state index < -0.39 is 15.6 Å². The molecule has 1 aromatic rings. The lowest BCUT2D eigenvalue weighted by molar-refractivity contribution is -0.0315. The van der Waals surface area contributed by atoms with Gasteiger partial charge in [0, 0.05) is 13.2 Å². The lowest BCUT2D eigenvalue weighted by Crippen LogP contribution is -2.59. The molecule has 2 fully saturated rings. The minimum absolute atomic E-state index is 0.0955. The van der Waals surface area contributed by atoms with Gasteiger partial charge in [-0.2, -0.15) is 4.31 Å². The van der Waals surface area contributed by atoms with Crippen molar-refractivity contribution in [2.24, 2.45) is 0 Å². The van der Waals surface area contributed by atoms with Crippen molar-refractivity contribution in [2.45, 2.75) is 36.8 Å². The Morgan fingerprint density at radius 1 is 1.38 bits per heavy atom. The first-order valence-electron chi connectivity index (χ1n) is 8.34. The normalized spacial score (nSPS) is 28.5. The second-order valence-corrected chi connectivity index (χ2v) is 8.33. The minimum atomic E-state index is -3.59. The fourth-order valence-corrected chi connectivity index (χ4v) is 5.29. The highest BCUT2D eigenvalue weighted by atomic mass is 32.2. The molecule has 0 saturated carbocycles. The van der Waals surface area contributed by atoms with E-state index in [2.05, 4.69) is 0 Å². The summed E-state index contributed by atoms with van der Waals surface area (Å²) in [5.74, 6) is 0. The van der Waals surface area contributed by atoms with Crippen LogP contribution < -0.4 is 0 Å². The molecule has 0 bridgehead atoms. The molecule has 0 aromatic heterocycles. The van der Waals surface area contributed by atoms with Crippen LogP contribution in [0.15, 0.2) is 29.2 Å². The number of ether oxygens (including phenoxy) is 3. The van der Waals surface area contributed by atoms with Crippen LogP contribution in [0, 0.1) is 6.92 Å². The first-order valence-corrected chi connectivity index (χ1v) is 9.78. The molecule has 2 atom stereocenters. The third-order valence-corrected chi connectivity index (χ3v) is 6.62. The highest BCUT2D eigenvalue weighted by molar-refractivity contribution is 7.89. The molecule has 0 N–H and O–H groups in total. The lowest BCUT2D eigenvalue weighted by atomic mass is 9.96. The van der Waals surface area contributed by atoms with Crippen molar-refractivity contribution in [3.05, 3.63) is 29.8 Å². The zero-order chi connectivity index (χ0) is 17.2. The second-order valence-electron chi connectivity index (χ2n) is 6.47. The fraction of sp³-hybridized carbons (Fsp3) is 0.647. The van der Waals surface area contributed by atoms with Crippen LogP contribution in [0.4, 0.5) is 0 Å². The zero-order valence-electron chi connectivity index (χ0n) is 14.2. The molecule has 6 nitrogen and oxygen atoms in total. The maximum absolute atomic E-state index is 13.2. The van der Waals surface area contributed by atoms with Gasteiger partial charge in [0.05, 0.1) is 43.0 Å². The van der Waals surface area contributed by atoms with E-state index in [9.17, 15) is 8.42 Å². The molecule has 24 heavy (non-hydrogen) atoms. The van der Waals surface area contributed by atoms with Gasteiger partial charge in [0.25, 0.3) is 0 Å². The van der Waals surface area contributed by atoms with Gasteiger partial charge in [0.15, 0.2) is 0 Å². The number of hydrogen-bond donors (Lipinski definition) is 0. The van der Waals surface area contributed by atoms with Crippen LogP contribution in [0.2, 0.25) is 0 Å². The van der Waals surface area contributed by atoms with E-state index in [4.69, 9.17) is 14.2 Å². The molecular weight excluding hydrogens is 330 g/mol. The molecule has 2 saturated heterocycles. The maximum Gasteiger partial charge on any atom is 0.243 e. The SMILES string of the molecule is CCOC[C@@H]1C[C@@]2(COCCN2S(=O)(=O)c2cccc(C)c2)CO1. The third-order valence-electron chi connectivity index (χ3n) is 4.62. The summed E-state index contributed by atoms with van der Waals surface area (Å²) in [6.07, 6.45) is 0.500. The summed E-state index contributed by atoms with van der Waals surface area (Å²) in [5.41, 5.74) is 0.290. The monoisotopic (exact) mass is 355 g/mol. The molecule has 0 aliphatic carbocycles. The Hall–Kier alpha value is -0.990. The lowest BCUT2D eigenvalue weighted by Gasteiger charge is -2.42. The molecule has 0 radical (unpaired) electrons. The van der Waals surface area contributed by atoms with Crippen LogP contribution in [0.3, 0.4) is 0 Å². The van der Waals surface area contributed by atoms with Gasteiger partial charge in [-0.1, -0.05) is 12.1 Å². The Morgan fingerprint density at radius 3 is 2.96 bits per heavy atom. The predicted octanol–water partition coefficient (Wildman–Crippen LogP) is 1.58. The van der Waals surface area contributed by atoms with Crippen molar-refractivity contribution in [1.82, 2.24) is 4.31 Å². The summed E-state index contributed by atoms with van der Waals surface area (Å²) >= 11 is 0. The number of sulfonamides is 1. The summed E-state index contributed by atoms with van der Waals surface area (Å²) in [5, 5.41) is 0. The van der Waals surface area contributed by atoms with Crippen LogP contribution >= 0.6 is 0 Å². The standard InChI is InChI=1S/C17H25NO5S/c1-3-21-11-15-10-17(13-23-15)12-22-8-7-18(17)24(19,20)16-6-4-5-14(2)9-16/h4-6,9,15H,3,7-8,10-13H2,1-2H3/t15-,17+/m0/s1. The number of hydrogen-bond acceptors (Lipinski definition) is 5. The number of nitrogens with zero attached hydrogens (tertiary/aromatic N) is 1. The van der Waals surface area contributed by atoms with Crippen LogP contribution in [0.25, 0.3) is 0 Å². The quantitative estimate of drug-likeness (QED) is 0.802. The van der Waals surface area contributed by atoms with Crippen molar-refractivity contribution in [2.75, 3.05) is 39.6 Å². The number of morpholine rings is 1. The summed E-state index contributed by atoms with van der Waals surface area (Å²) in [7, 11) is -3.59. The smallest absolute Gasteiger partial charge is 0.243 e. The van der Waals surface area contributed by atoms with Crippen LogP contribution in [-0.4, -0.2) is 63.9 Å². The van der Waals surface area contributed by atoms with Crippen molar-refractivity contribution in [1.29, 1.82) is 0 Å². The first kappa shape index (κ1) is 17.8. The second kappa shape index (κ2) is 7.09. The van der Waals surface area contributed by atoms with Crippen molar-refractivity contribution < 1.29 is 22.6 Å². The van der Waals surface area contributed by atoms with Gasteiger partial charge < -0.3 is 14.2 Å². The van der Waals surface area contributed by atoms with Gasteiger partial charge in [0.1, 0.15) is 0 Å². The van der Waals surface area contributed by atoms with Crippen LogP contribution in [-0.2, 0) is 24.2 Å². The average Bonchev–Trinajstić information content (AvgIpc) is 2.96. The molecule has 3 rings (SSSR count). The molecule has 1 spiro atoms. The van der Waals surface area contributed by atoms with Gasteiger partial charge in [-0.3, -0.25) is 0 Å². The van der Waals surface area contributed by atoms with E-state index in [1.807, 2.05) is 19.9 Å². The van der Waals surface area contributed by atoms with Gasteiger partial charge in [-0.25, -0.2) is 8.42 Å². The van der Waals surface area contributed by atoms with Gasteiger partial charge >= 0.3 is 0 Å². The van der Waals surface area contributed by atoms with E-state index >= 15 is 0 Å². The third kappa shape index (κ3) is 3.36. The van der Waals surface area contributed by atoms with Crippen molar-refractivity contribution in [3.8, 4) is 0 Å². The molecule has 2 aliphatic rings. The maximum atomic E-state index is 13.2. The van der Waals surface area contributed by atoms with Gasteiger partial charge in [-0.15, -0.1) is 0 Å². The summed E-state index contributed by atoms with van der Waals surface area (Å²) in [6.45, 7) is 6.39. The van der Waals surface area contributed by atoms with Crippen LogP contribution in [0.1, 0.15) is 18.9 Å². The first-order chi connectivity index (χ1) is 11.5. The highest BCUT2D eigenvalue weighted by Crippen LogP contribution is 2.37. The van der Waals surface area contributed by atoms with E-state index in [1.165, 1.54) is 0 Å². The number of aryl methyl sites for hydroxylation is 1. The molecule has 0 amide bonds. The Morgan fingerprint density at radius 2 is 2.21 bits per heavy atom. The molecule has 0 unspecified atom stereocenters. The zero-order valence-corrected chi connectivity index (χ0v) is 15.0. The number of rotatable bonds is 5. The highest BCUT2D eigenvalue weighted by Gasteiger charge is 2.51. The predicted molar refractivity (Wildman–Crippen MR) is 89.5 cm³/mol. The molecule has 134 valence electrons. The Labute approximate surface area is 143 Å². The van der Waals surface area contributed by atoms with Crippen molar-refractivity contribution >= 4 is 10.0 Å². The van der Waals surface area contributed by atoms with Crippen LogP contribution in [0.5, 0.6) is 0 Å². The Bertz CT molecular complexity index is 677. The topological polar surface area (TPSA) is 65.1 Å². The average molecular weight is 355 g/mol. The van der Waals surface area contributed by atoms with Gasteiger partial charge in [0.2, 0.25) is 10.0 Å². The number of benzene rings is 1. The van der Waals surface area contributed by atoms with E-state index in [1.54, 1.807) is 22.5 Å². The van der Waals surface area contributed by atoms with E-state index in [-0.39, 0.29) is 6.10 Å². The van der Waals surface area contributed by atoms with Crippen molar-refractivity contribution in [3.63, 3.8) is 0 Å². The fourth-order valence-electron chi connectivity index (χ4n) is 3.44. The van der Waals surface area contributed by atoms with E-state index in [0.717, 1.165) is 5.56 Å². The Balaban J connectivity index is 1.87. The molecule has 2 heterocycles. The van der Waals surface area contributed by atoms with Gasteiger partial charge in [-0.05, 0) is 38.0 Å². The molecule has 2 aliphatic heterocycles. The summed E-state index contributed by atoms with van der Waals surface area (Å²) < 4.78 is 44.9.